The van der Waals surface area contributed by atoms with Crippen molar-refractivity contribution < 1.29 is 4.79 Å². The lowest BCUT2D eigenvalue weighted by Gasteiger charge is -1.96. The Morgan fingerprint density at radius 3 is 1.59 bits per heavy atom. The molecule has 0 N–H and O–H groups in total. The van der Waals surface area contributed by atoms with Gasteiger partial charge < -0.3 is 0 Å². The molecule has 0 aliphatic carbocycles. The van der Waals surface area contributed by atoms with Gasteiger partial charge in [0.2, 0.25) is 0 Å². The highest BCUT2D eigenvalue weighted by molar-refractivity contribution is 6.05. The normalized spacial score (nSPS) is 10.5. The molecule has 0 radical (unpaired) electrons. The van der Waals surface area contributed by atoms with Crippen LogP contribution in [0.25, 0.3) is 21.8 Å². The van der Waals surface area contributed by atoms with E-state index in [0.29, 0.717) is 22.5 Å². The van der Waals surface area contributed by atoms with Gasteiger partial charge in [-0.05, 0) is 23.3 Å². The predicted molar refractivity (Wildman–Crippen MR) is 88.5 cm³/mol. The van der Waals surface area contributed by atoms with E-state index < -0.39 is 0 Å². The van der Waals surface area contributed by atoms with Crippen LogP contribution in [0.1, 0.15) is 11.1 Å². The lowest BCUT2D eigenvalue weighted by Crippen LogP contribution is -1.85. The Hall–Kier alpha value is -3.43. The van der Waals surface area contributed by atoms with E-state index in [1.807, 2.05) is 12.1 Å². The third-order valence-electron chi connectivity index (χ3n) is 2.97. The minimum absolute atomic E-state index is 0.195. The van der Waals surface area contributed by atoms with Crippen LogP contribution in [0.4, 0.5) is 11.4 Å². The molecule has 0 aromatic heterocycles. The third-order valence-corrected chi connectivity index (χ3v) is 2.97. The van der Waals surface area contributed by atoms with Crippen molar-refractivity contribution in [1.29, 1.82) is 0 Å². The number of allylic oxidation sites excluding steroid dienone is 2. The maximum atomic E-state index is 11.9. The summed E-state index contributed by atoms with van der Waals surface area (Å²) < 4.78 is 0. The topological polar surface area (TPSA) is 25.8 Å². The van der Waals surface area contributed by atoms with Gasteiger partial charge in [0, 0.05) is 0 Å². The first-order valence-electron chi connectivity index (χ1n) is 6.57. The SMILES string of the molecule is [C-]#[N+]c1ccccc1/C=C/C(=O)/C=C/c1ccccc1[N+]#[C-]. The van der Waals surface area contributed by atoms with Crippen molar-refractivity contribution in [2.75, 3.05) is 0 Å². The lowest BCUT2D eigenvalue weighted by molar-refractivity contribution is -0.110. The Morgan fingerprint density at radius 2 is 1.18 bits per heavy atom. The van der Waals surface area contributed by atoms with Crippen molar-refractivity contribution in [3.63, 3.8) is 0 Å². The van der Waals surface area contributed by atoms with Crippen LogP contribution in [0.2, 0.25) is 0 Å². The van der Waals surface area contributed by atoms with E-state index in [9.17, 15) is 4.79 Å². The van der Waals surface area contributed by atoms with Gasteiger partial charge >= 0.3 is 0 Å². The van der Waals surface area contributed by atoms with Gasteiger partial charge in [0.1, 0.15) is 0 Å². The molecule has 0 fully saturated rings. The van der Waals surface area contributed by atoms with Gasteiger partial charge in [0.15, 0.2) is 17.2 Å². The number of hydrogen-bond donors (Lipinski definition) is 0. The Balaban J connectivity index is 2.14. The van der Waals surface area contributed by atoms with E-state index in [0.717, 1.165) is 0 Å². The quantitative estimate of drug-likeness (QED) is 0.567. The number of ketones is 1. The summed E-state index contributed by atoms with van der Waals surface area (Å²) in [4.78, 5) is 18.7. The standard InChI is InChI=1S/C19H12N2O/c1-20-18-9-5-3-7-15(18)11-13-17(22)14-12-16-8-4-6-10-19(16)21-2/h3-14H/b13-11+,14-12+. The van der Waals surface area contributed by atoms with Gasteiger partial charge in [-0.2, -0.15) is 0 Å². The molecule has 0 amide bonds. The summed E-state index contributed by atoms with van der Waals surface area (Å²) in [5.41, 5.74) is 2.43. The van der Waals surface area contributed by atoms with Crippen LogP contribution in [0.3, 0.4) is 0 Å². The monoisotopic (exact) mass is 284 g/mol. The zero-order valence-electron chi connectivity index (χ0n) is 11.7. The Labute approximate surface area is 129 Å². The minimum atomic E-state index is -0.195. The number of benzene rings is 2. The zero-order valence-corrected chi connectivity index (χ0v) is 11.7. The van der Waals surface area contributed by atoms with Gasteiger partial charge in [-0.15, -0.1) is 0 Å². The van der Waals surface area contributed by atoms with Crippen LogP contribution in [-0.4, -0.2) is 5.78 Å². The molecule has 3 nitrogen and oxygen atoms in total. The first kappa shape index (κ1) is 15.0. The molecule has 2 aromatic rings. The lowest BCUT2D eigenvalue weighted by atomic mass is 10.1. The molecule has 0 aliphatic heterocycles. The van der Waals surface area contributed by atoms with E-state index in [1.54, 1.807) is 48.6 Å². The molecule has 0 unspecified atom stereocenters. The van der Waals surface area contributed by atoms with Crippen molar-refractivity contribution in [2.24, 2.45) is 0 Å². The van der Waals surface area contributed by atoms with Crippen LogP contribution in [0.5, 0.6) is 0 Å². The van der Waals surface area contributed by atoms with Gasteiger partial charge in [0.05, 0.1) is 13.1 Å². The number of carbonyl (C=O) groups is 1. The van der Waals surface area contributed by atoms with Gasteiger partial charge in [-0.3, -0.25) is 4.79 Å². The Bertz CT molecular complexity index is 763. The van der Waals surface area contributed by atoms with Crippen molar-refractivity contribution >= 4 is 29.3 Å². The highest BCUT2D eigenvalue weighted by Gasteiger charge is 1.99. The number of carbonyl (C=O) groups excluding carboxylic acids is 1. The van der Waals surface area contributed by atoms with Crippen molar-refractivity contribution in [3.05, 3.63) is 94.6 Å². The molecule has 2 aromatic carbocycles. The molecular weight excluding hydrogens is 272 g/mol. The molecule has 0 aliphatic rings. The number of para-hydroxylation sites is 2. The van der Waals surface area contributed by atoms with E-state index >= 15 is 0 Å². The number of nitrogens with zero attached hydrogens (tertiary/aromatic N) is 2. The summed E-state index contributed by atoms with van der Waals surface area (Å²) in [5.74, 6) is -0.195. The average Bonchev–Trinajstić information content (AvgIpc) is 2.58. The van der Waals surface area contributed by atoms with Crippen molar-refractivity contribution in [3.8, 4) is 0 Å². The van der Waals surface area contributed by atoms with E-state index in [4.69, 9.17) is 13.1 Å². The highest BCUT2D eigenvalue weighted by atomic mass is 16.1. The Morgan fingerprint density at radius 1 is 0.773 bits per heavy atom. The molecule has 0 atom stereocenters. The first-order chi connectivity index (χ1) is 10.7. The fourth-order valence-corrected chi connectivity index (χ4v) is 1.86. The second-order valence-corrected chi connectivity index (χ2v) is 4.41. The van der Waals surface area contributed by atoms with E-state index in [1.165, 1.54) is 12.2 Å². The van der Waals surface area contributed by atoms with Crippen LogP contribution >= 0.6 is 0 Å². The van der Waals surface area contributed by atoms with Gasteiger partial charge in [-0.25, -0.2) is 9.69 Å². The van der Waals surface area contributed by atoms with E-state index in [-0.39, 0.29) is 5.78 Å². The molecule has 0 saturated carbocycles. The fourth-order valence-electron chi connectivity index (χ4n) is 1.86. The number of rotatable bonds is 4. The first-order valence-corrected chi connectivity index (χ1v) is 6.57. The molecular formula is C19H12N2O. The summed E-state index contributed by atoms with van der Waals surface area (Å²) in [6, 6.07) is 14.2. The third kappa shape index (κ3) is 3.79. The zero-order chi connectivity index (χ0) is 15.8. The van der Waals surface area contributed by atoms with E-state index in [2.05, 4.69) is 9.69 Å². The van der Waals surface area contributed by atoms with Crippen LogP contribution in [0.15, 0.2) is 60.7 Å². The maximum Gasteiger partial charge on any atom is 0.194 e. The van der Waals surface area contributed by atoms with Crippen molar-refractivity contribution in [1.82, 2.24) is 0 Å². The minimum Gasteiger partial charge on any atom is -0.290 e. The van der Waals surface area contributed by atoms with Crippen LogP contribution in [0, 0.1) is 13.1 Å². The molecule has 0 spiro atoms. The van der Waals surface area contributed by atoms with Gasteiger partial charge in [-0.1, -0.05) is 60.7 Å². The highest BCUT2D eigenvalue weighted by Crippen LogP contribution is 2.21. The molecule has 0 heterocycles. The fraction of sp³-hybridized carbons (Fsp3) is 0. The van der Waals surface area contributed by atoms with Gasteiger partial charge in [0.25, 0.3) is 0 Å². The predicted octanol–water partition coefficient (Wildman–Crippen LogP) is 5.08. The second-order valence-electron chi connectivity index (χ2n) is 4.41. The smallest absolute Gasteiger partial charge is 0.194 e. The average molecular weight is 284 g/mol. The second kappa shape index (κ2) is 7.38. The largest absolute Gasteiger partial charge is 0.290 e. The summed E-state index contributed by atoms with van der Waals surface area (Å²) in [6.07, 6.45) is 6.09. The van der Waals surface area contributed by atoms with Crippen molar-refractivity contribution in [2.45, 2.75) is 0 Å². The molecule has 22 heavy (non-hydrogen) atoms. The summed E-state index contributed by atoms with van der Waals surface area (Å²) in [6.45, 7) is 14.1. The number of hydrogen-bond acceptors (Lipinski definition) is 1. The summed E-state index contributed by atoms with van der Waals surface area (Å²) in [7, 11) is 0. The molecule has 0 bridgehead atoms. The van der Waals surface area contributed by atoms with Crippen LogP contribution < -0.4 is 0 Å². The molecule has 2 rings (SSSR count). The summed E-state index contributed by atoms with van der Waals surface area (Å²) in [5, 5.41) is 0. The molecule has 3 heteroatoms. The maximum absolute atomic E-state index is 11.9. The Kier molecular flexibility index (Phi) is 5.02. The summed E-state index contributed by atoms with van der Waals surface area (Å²) >= 11 is 0. The molecule has 0 saturated heterocycles. The van der Waals surface area contributed by atoms with Crippen LogP contribution in [-0.2, 0) is 4.79 Å². The molecule has 104 valence electrons.